The number of nitrogens with one attached hydrogen (secondary N) is 1. The van der Waals surface area contributed by atoms with Gasteiger partial charge in [0.05, 0.1) is 17.2 Å². The lowest BCUT2D eigenvalue weighted by atomic mass is 10.1. The van der Waals surface area contributed by atoms with Crippen LogP contribution < -0.4 is 14.5 Å². The van der Waals surface area contributed by atoms with E-state index < -0.39 is 22.5 Å². The quantitative estimate of drug-likeness (QED) is 0.287. The summed E-state index contributed by atoms with van der Waals surface area (Å²) in [6.45, 7) is 3.71. The molecule has 9 heteroatoms. The molecule has 0 spiro atoms. The van der Waals surface area contributed by atoms with Gasteiger partial charge in [0.2, 0.25) is 0 Å². The fraction of sp³-hybridized carbons (Fsp3) is 0.231. The first-order chi connectivity index (χ1) is 16.8. The average Bonchev–Trinajstić information content (AvgIpc) is 2.86. The Hall–Kier alpha value is -3.36. The highest BCUT2D eigenvalue weighted by atomic mass is 35.5. The molecule has 184 valence electrons. The fourth-order valence-electron chi connectivity index (χ4n) is 3.27. The molecule has 3 aromatic carbocycles. The van der Waals surface area contributed by atoms with Crippen LogP contribution in [0.2, 0.25) is 5.02 Å². The molecule has 0 fully saturated rings. The Bertz CT molecular complexity index is 1250. The van der Waals surface area contributed by atoms with E-state index in [0.29, 0.717) is 29.5 Å². The number of nitrogens with zero attached hydrogens (tertiary/aromatic N) is 2. The van der Waals surface area contributed by atoms with Gasteiger partial charge >= 0.3 is 0 Å². The molecule has 0 unspecified atom stereocenters. The van der Waals surface area contributed by atoms with Crippen molar-refractivity contribution in [2.45, 2.75) is 31.6 Å². The van der Waals surface area contributed by atoms with Gasteiger partial charge in [0.15, 0.2) is 0 Å². The molecular formula is C26H28ClN3O4S. The molecule has 3 rings (SSSR count). The summed E-state index contributed by atoms with van der Waals surface area (Å²) in [5.41, 5.74) is 4.71. The second kappa shape index (κ2) is 12.4. The number of benzene rings is 3. The molecule has 1 N–H and O–H groups in total. The van der Waals surface area contributed by atoms with Crippen LogP contribution in [0.15, 0.2) is 88.9 Å². The SMILES string of the molecule is CCOc1ccc(N(CC(=O)N/N=C(/C)CCc2ccccc2)S(=O)(=O)c2ccc(Cl)cc2)cc1. The Morgan fingerprint density at radius 2 is 1.66 bits per heavy atom. The number of carbonyl (C=O) groups is 1. The summed E-state index contributed by atoms with van der Waals surface area (Å²) < 4.78 is 33.3. The molecule has 7 nitrogen and oxygen atoms in total. The number of sulfonamides is 1. The van der Waals surface area contributed by atoms with E-state index in [2.05, 4.69) is 10.5 Å². The van der Waals surface area contributed by atoms with Crippen LogP contribution in [0.1, 0.15) is 25.8 Å². The van der Waals surface area contributed by atoms with Gasteiger partial charge in [-0.2, -0.15) is 5.10 Å². The van der Waals surface area contributed by atoms with E-state index in [1.54, 1.807) is 24.3 Å². The van der Waals surface area contributed by atoms with Crippen LogP contribution in [0.5, 0.6) is 5.75 Å². The predicted molar refractivity (Wildman–Crippen MR) is 140 cm³/mol. The summed E-state index contributed by atoms with van der Waals surface area (Å²) in [5, 5.41) is 4.56. The molecule has 0 saturated heterocycles. The largest absolute Gasteiger partial charge is 0.494 e. The van der Waals surface area contributed by atoms with E-state index >= 15 is 0 Å². The van der Waals surface area contributed by atoms with Crippen LogP contribution in [0, 0.1) is 0 Å². The number of hydrazone groups is 1. The highest BCUT2D eigenvalue weighted by Crippen LogP contribution is 2.26. The maximum atomic E-state index is 13.4. The average molecular weight is 514 g/mol. The Balaban J connectivity index is 1.76. The number of hydrogen-bond donors (Lipinski definition) is 1. The third-order valence-corrected chi connectivity index (χ3v) is 7.15. The molecule has 0 aliphatic heterocycles. The summed E-state index contributed by atoms with van der Waals surface area (Å²) in [7, 11) is -4.05. The number of aryl methyl sites for hydroxylation is 1. The zero-order valence-corrected chi connectivity index (χ0v) is 21.2. The minimum Gasteiger partial charge on any atom is -0.494 e. The van der Waals surface area contributed by atoms with Gasteiger partial charge in [-0.25, -0.2) is 13.8 Å². The molecule has 35 heavy (non-hydrogen) atoms. The normalized spacial score (nSPS) is 11.7. The molecule has 0 atom stereocenters. The minimum absolute atomic E-state index is 0.0196. The van der Waals surface area contributed by atoms with Gasteiger partial charge in [-0.3, -0.25) is 9.10 Å². The van der Waals surface area contributed by atoms with Gasteiger partial charge in [-0.05, 0) is 80.8 Å². The van der Waals surface area contributed by atoms with Gasteiger partial charge in [0.25, 0.3) is 15.9 Å². The minimum atomic E-state index is -4.05. The van der Waals surface area contributed by atoms with Gasteiger partial charge in [0, 0.05) is 10.7 Å². The van der Waals surface area contributed by atoms with E-state index in [1.807, 2.05) is 44.2 Å². The van der Waals surface area contributed by atoms with Crippen molar-refractivity contribution >= 4 is 38.9 Å². The third-order valence-electron chi connectivity index (χ3n) is 5.11. The molecule has 0 aliphatic rings. The van der Waals surface area contributed by atoms with Crippen LogP contribution in [0.4, 0.5) is 5.69 Å². The van der Waals surface area contributed by atoms with Gasteiger partial charge in [-0.1, -0.05) is 41.9 Å². The van der Waals surface area contributed by atoms with Crippen LogP contribution in [0.3, 0.4) is 0 Å². The lowest BCUT2D eigenvalue weighted by Gasteiger charge is -2.24. The monoisotopic (exact) mass is 513 g/mol. The molecule has 1 amide bonds. The van der Waals surface area contributed by atoms with Crippen molar-refractivity contribution in [1.29, 1.82) is 0 Å². The highest BCUT2D eigenvalue weighted by Gasteiger charge is 2.27. The maximum Gasteiger partial charge on any atom is 0.264 e. The number of rotatable bonds is 11. The van der Waals surface area contributed by atoms with Crippen LogP contribution in [0.25, 0.3) is 0 Å². The lowest BCUT2D eigenvalue weighted by molar-refractivity contribution is -0.119. The Kier molecular flexibility index (Phi) is 9.28. The standard InChI is InChI=1S/C26H28ClN3O4S/c1-3-34-24-15-13-23(14-16-24)30(35(32,33)25-17-11-22(27)12-18-25)19-26(31)29-28-20(2)9-10-21-7-5-4-6-8-21/h4-8,11-18H,3,9-10,19H2,1-2H3,(H,29,31)/b28-20-. The number of anilines is 1. The zero-order valence-electron chi connectivity index (χ0n) is 19.6. The molecule has 0 radical (unpaired) electrons. The van der Waals surface area contributed by atoms with Crippen molar-refractivity contribution < 1.29 is 17.9 Å². The molecule has 0 aliphatic carbocycles. The maximum absolute atomic E-state index is 13.4. The highest BCUT2D eigenvalue weighted by molar-refractivity contribution is 7.92. The van der Waals surface area contributed by atoms with Crippen molar-refractivity contribution in [3.05, 3.63) is 89.4 Å². The fourth-order valence-corrected chi connectivity index (χ4v) is 4.82. The van der Waals surface area contributed by atoms with E-state index in [-0.39, 0.29) is 4.90 Å². The predicted octanol–water partition coefficient (Wildman–Crippen LogP) is 5.06. The topological polar surface area (TPSA) is 88.1 Å². The summed E-state index contributed by atoms with van der Waals surface area (Å²) in [6, 6.07) is 22.3. The summed E-state index contributed by atoms with van der Waals surface area (Å²) in [5.74, 6) is 0.0404. The second-order valence-corrected chi connectivity index (χ2v) is 10.1. The van der Waals surface area contributed by atoms with Gasteiger partial charge < -0.3 is 4.74 Å². The molecule has 0 bridgehead atoms. The summed E-state index contributed by atoms with van der Waals surface area (Å²) >= 11 is 5.92. The van der Waals surface area contributed by atoms with Gasteiger partial charge in [0.1, 0.15) is 12.3 Å². The number of hydrogen-bond acceptors (Lipinski definition) is 5. The van der Waals surface area contributed by atoms with E-state index in [9.17, 15) is 13.2 Å². The van der Waals surface area contributed by atoms with Crippen molar-refractivity contribution in [1.82, 2.24) is 5.43 Å². The van der Waals surface area contributed by atoms with E-state index in [4.69, 9.17) is 16.3 Å². The summed E-state index contributed by atoms with van der Waals surface area (Å²) in [4.78, 5) is 12.8. The van der Waals surface area contributed by atoms with E-state index in [1.165, 1.54) is 29.8 Å². The Labute approximate surface area is 211 Å². The first kappa shape index (κ1) is 26.2. The van der Waals surface area contributed by atoms with Gasteiger partial charge in [-0.15, -0.1) is 0 Å². The number of amides is 1. The van der Waals surface area contributed by atoms with Crippen LogP contribution >= 0.6 is 11.6 Å². The third kappa shape index (κ3) is 7.56. The molecule has 3 aromatic rings. The smallest absolute Gasteiger partial charge is 0.264 e. The number of halogens is 1. The van der Waals surface area contributed by atoms with Crippen LogP contribution in [-0.2, 0) is 21.2 Å². The van der Waals surface area contributed by atoms with Crippen molar-refractivity contribution in [3.63, 3.8) is 0 Å². The van der Waals surface area contributed by atoms with Crippen molar-refractivity contribution in [3.8, 4) is 5.75 Å². The first-order valence-corrected chi connectivity index (χ1v) is 13.0. The second-order valence-electron chi connectivity index (χ2n) is 7.76. The zero-order chi connectivity index (χ0) is 25.3. The lowest BCUT2D eigenvalue weighted by Crippen LogP contribution is -2.39. The molecule has 0 heterocycles. The Morgan fingerprint density at radius 1 is 1.00 bits per heavy atom. The number of carbonyl (C=O) groups excluding carboxylic acids is 1. The molecule has 0 saturated carbocycles. The van der Waals surface area contributed by atoms with Crippen molar-refractivity contribution in [2.24, 2.45) is 5.10 Å². The van der Waals surface area contributed by atoms with Crippen LogP contribution in [-0.4, -0.2) is 33.2 Å². The first-order valence-electron chi connectivity index (χ1n) is 11.2. The van der Waals surface area contributed by atoms with E-state index in [0.717, 1.165) is 16.4 Å². The molecular weight excluding hydrogens is 486 g/mol. The Morgan fingerprint density at radius 3 is 2.29 bits per heavy atom. The molecule has 0 aromatic heterocycles. The summed E-state index contributed by atoms with van der Waals surface area (Å²) in [6.07, 6.45) is 1.45. The number of ether oxygens (including phenoxy) is 1. The van der Waals surface area contributed by atoms with Crippen molar-refractivity contribution in [2.75, 3.05) is 17.5 Å².